The summed E-state index contributed by atoms with van der Waals surface area (Å²) >= 11 is 4.34. The molecule has 3 heteroatoms. The average molecular weight is 336 g/mol. The minimum absolute atomic E-state index is 0. The first-order valence-corrected chi connectivity index (χ1v) is 6.96. The maximum Gasteiger partial charge on any atom is 2.00 e. The summed E-state index contributed by atoms with van der Waals surface area (Å²) in [5, 5.41) is -0.359. The molecule has 1 nitrogen and oxygen atoms in total. The van der Waals surface area contributed by atoms with Gasteiger partial charge in [-0.2, -0.15) is 43.0 Å². The Morgan fingerprint density at radius 1 is 0.952 bits per heavy atom. The summed E-state index contributed by atoms with van der Waals surface area (Å²) in [6.45, 7) is 0. The molecule has 0 aliphatic carbocycles. The smallest absolute Gasteiger partial charge is 0.294 e. The van der Waals surface area contributed by atoms with Crippen LogP contribution >= 0.6 is 12.6 Å². The number of carbonyl (C=O) groups excluding carboxylic acids is 1. The summed E-state index contributed by atoms with van der Waals surface area (Å²) in [7, 11) is 0. The Bertz CT molecular complexity index is 583. The Morgan fingerprint density at radius 2 is 1.52 bits per heavy atom. The Kier molecular flexibility index (Phi) is 7.84. The Morgan fingerprint density at radius 3 is 2.00 bits per heavy atom. The van der Waals surface area contributed by atoms with Gasteiger partial charge in [-0.15, -0.1) is 5.56 Å². The molecule has 108 valence electrons. The topological polar surface area (TPSA) is 17.1 Å². The van der Waals surface area contributed by atoms with Gasteiger partial charge in [0.2, 0.25) is 0 Å². The second kappa shape index (κ2) is 9.41. The third kappa shape index (κ3) is 5.39. The van der Waals surface area contributed by atoms with Crippen LogP contribution in [0.15, 0.2) is 84.9 Å². The normalized spacial score (nSPS) is 10.7. The average Bonchev–Trinajstić information content (AvgIpc) is 3.21. The summed E-state index contributed by atoms with van der Waals surface area (Å²) in [5.74, 6) is 0.0464. The molecule has 0 N–H and O–H groups in total. The van der Waals surface area contributed by atoms with Crippen molar-refractivity contribution in [2.24, 2.45) is 0 Å². The van der Waals surface area contributed by atoms with Gasteiger partial charge in [0.25, 0.3) is 0 Å². The van der Waals surface area contributed by atoms with E-state index in [0.717, 1.165) is 5.56 Å². The zero-order valence-corrected chi connectivity index (χ0v) is 13.4. The number of Topliss-reactive ketones (excluding diaryl/α,β-unsaturated/α-hetero) is 1. The van der Waals surface area contributed by atoms with Crippen LogP contribution in [0, 0.1) is 0 Å². The molecule has 0 aliphatic heterocycles. The van der Waals surface area contributed by atoms with E-state index in [4.69, 9.17) is 0 Å². The van der Waals surface area contributed by atoms with Crippen molar-refractivity contribution in [1.29, 1.82) is 0 Å². The van der Waals surface area contributed by atoms with Crippen molar-refractivity contribution in [2.75, 3.05) is 0 Å². The van der Waals surface area contributed by atoms with Crippen LogP contribution in [0.3, 0.4) is 0 Å². The van der Waals surface area contributed by atoms with E-state index >= 15 is 0 Å². The minimum Gasteiger partial charge on any atom is -0.294 e. The molecule has 1 unspecified atom stereocenters. The Hall–Kier alpha value is -1.54. The Balaban J connectivity index is 0.000000313. The van der Waals surface area contributed by atoms with Crippen LogP contribution in [0.1, 0.15) is 21.2 Å². The zero-order chi connectivity index (χ0) is 14.2. The summed E-state index contributed by atoms with van der Waals surface area (Å²) in [6, 6.07) is 26.9. The van der Waals surface area contributed by atoms with E-state index in [1.807, 2.05) is 84.9 Å². The van der Waals surface area contributed by atoms with Crippen molar-refractivity contribution < 1.29 is 21.9 Å². The number of hydrogen-bond acceptors (Lipinski definition) is 2. The predicted octanol–water partition coefficient (Wildman–Crippen LogP) is 4.66. The molecule has 0 aromatic heterocycles. The second-order valence-corrected chi connectivity index (χ2v) is 4.83. The molecule has 3 rings (SSSR count). The van der Waals surface area contributed by atoms with Gasteiger partial charge in [0.15, 0.2) is 5.78 Å². The standard InChI is InChI=1S/C13H11OS.C5H5.Fe/c14-12(10-6-2-1-3-7-10)13(15)11-8-4-5-9-11;1-2-4-5-3-1;/h1-9,13,15H;1-5H;/q2*-1;+2. The number of hydrogen-bond donors (Lipinski definition) is 1. The predicted molar refractivity (Wildman–Crippen MR) is 86.6 cm³/mol. The fourth-order valence-corrected chi connectivity index (χ4v) is 2.12. The molecule has 21 heavy (non-hydrogen) atoms. The first-order valence-electron chi connectivity index (χ1n) is 6.44. The van der Waals surface area contributed by atoms with Crippen molar-refractivity contribution in [3.05, 3.63) is 96.1 Å². The largest absolute Gasteiger partial charge is 2.00 e. The fourth-order valence-electron chi connectivity index (χ4n) is 1.80. The number of rotatable bonds is 3. The van der Waals surface area contributed by atoms with Gasteiger partial charge in [0, 0.05) is 10.8 Å². The summed E-state index contributed by atoms with van der Waals surface area (Å²) in [6.07, 6.45) is 0. The van der Waals surface area contributed by atoms with E-state index in [-0.39, 0.29) is 28.1 Å². The van der Waals surface area contributed by atoms with Crippen molar-refractivity contribution in [2.45, 2.75) is 5.25 Å². The van der Waals surface area contributed by atoms with Crippen LogP contribution in [0.4, 0.5) is 0 Å². The molecule has 0 amide bonds. The monoisotopic (exact) mass is 336 g/mol. The second-order valence-electron chi connectivity index (χ2n) is 4.31. The first kappa shape index (κ1) is 17.5. The first-order chi connectivity index (χ1) is 9.79. The molecule has 1 atom stereocenters. The summed E-state index contributed by atoms with van der Waals surface area (Å²) in [5.41, 5.74) is 1.66. The molecular formula is C18H16FeOS. The van der Waals surface area contributed by atoms with Gasteiger partial charge in [0.05, 0.1) is 0 Å². The van der Waals surface area contributed by atoms with Crippen molar-refractivity contribution in [3.8, 4) is 0 Å². The van der Waals surface area contributed by atoms with E-state index in [0.29, 0.717) is 5.56 Å². The van der Waals surface area contributed by atoms with Crippen LogP contribution in [0.5, 0.6) is 0 Å². The van der Waals surface area contributed by atoms with Crippen molar-refractivity contribution >= 4 is 18.4 Å². The number of thiol groups is 1. The molecule has 0 saturated carbocycles. The van der Waals surface area contributed by atoms with E-state index < -0.39 is 0 Å². The van der Waals surface area contributed by atoms with E-state index in [2.05, 4.69) is 12.6 Å². The van der Waals surface area contributed by atoms with Crippen molar-refractivity contribution in [1.82, 2.24) is 0 Å². The summed E-state index contributed by atoms with van der Waals surface area (Å²) in [4.78, 5) is 12.0. The molecule has 3 aromatic rings. The van der Waals surface area contributed by atoms with Crippen LogP contribution in [0.25, 0.3) is 0 Å². The van der Waals surface area contributed by atoms with Gasteiger partial charge in [-0.25, -0.2) is 24.3 Å². The van der Waals surface area contributed by atoms with Gasteiger partial charge >= 0.3 is 17.1 Å². The number of ketones is 1. The van der Waals surface area contributed by atoms with Gasteiger partial charge in [-0.3, -0.25) is 4.79 Å². The van der Waals surface area contributed by atoms with E-state index in [9.17, 15) is 4.79 Å². The molecule has 0 fully saturated rings. The maximum absolute atomic E-state index is 12.0. The third-order valence-electron chi connectivity index (χ3n) is 2.87. The van der Waals surface area contributed by atoms with Crippen LogP contribution in [0.2, 0.25) is 0 Å². The number of benzene rings is 1. The molecule has 0 radical (unpaired) electrons. The van der Waals surface area contributed by atoms with Crippen LogP contribution < -0.4 is 0 Å². The quantitative estimate of drug-likeness (QED) is 0.319. The van der Waals surface area contributed by atoms with Gasteiger partial charge < -0.3 is 0 Å². The Labute approximate surface area is 141 Å². The number of carbonyl (C=O) groups is 1. The van der Waals surface area contributed by atoms with Gasteiger partial charge in [-0.05, 0) is 0 Å². The molecule has 0 bridgehead atoms. The molecule has 0 saturated heterocycles. The van der Waals surface area contributed by atoms with Crippen LogP contribution in [-0.2, 0) is 17.1 Å². The van der Waals surface area contributed by atoms with E-state index in [1.165, 1.54) is 0 Å². The van der Waals surface area contributed by atoms with Crippen molar-refractivity contribution in [3.63, 3.8) is 0 Å². The molecule has 0 spiro atoms. The van der Waals surface area contributed by atoms with Gasteiger partial charge in [-0.1, -0.05) is 30.3 Å². The fraction of sp³-hybridized carbons (Fsp3) is 0.0556. The third-order valence-corrected chi connectivity index (χ3v) is 3.40. The maximum atomic E-state index is 12.0. The summed E-state index contributed by atoms with van der Waals surface area (Å²) < 4.78 is 0. The van der Waals surface area contributed by atoms with Crippen LogP contribution in [-0.4, -0.2) is 5.78 Å². The molecule has 0 heterocycles. The minimum atomic E-state index is -0.359. The molecule has 0 aliphatic rings. The van der Waals surface area contributed by atoms with E-state index in [1.54, 1.807) is 0 Å². The molecule has 3 aromatic carbocycles. The van der Waals surface area contributed by atoms with Gasteiger partial charge in [0.1, 0.15) is 0 Å². The molecular weight excluding hydrogens is 320 g/mol. The SMILES string of the molecule is O=C(c1ccccc1)C(S)[c-]1cccc1.[Fe+2].c1cc[cH-]c1. The zero-order valence-electron chi connectivity index (χ0n) is 11.4.